The normalized spacial score (nSPS) is 24.3. The van der Waals surface area contributed by atoms with Crippen LogP contribution in [0.3, 0.4) is 0 Å². The molecule has 0 radical (unpaired) electrons. The fourth-order valence-corrected chi connectivity index (χ4v) is 4.33. The monoisotopic (exact) mass is 390 g/mol. The van der Waals surface area contributed by atoms with Gasteiger partial charge in [0.15, 0.2) is 12.4 Å². The van der Waals surface area contributed by atoms with Gasteiger partial charge in [-0.3, -0.25) is 0 Å². The van der Waals surface area contributed by atoms with Gasteiger partial charge in [0, 0.05) is 10.8 Å². The van der Waals surface area contributed by atoms with E-state index in [1.807, 2.05) is 30.5 Å². The number of pyridine rings is 1. The second-order valence-corrected chi connectivity index (χ2v) is 8.20. The van der Waals surface area contributed by atoms with Gasteiger partial charge >= 0.3 is 6.09 Å². The minimum Gasteiger partial charge on any atom is -0.408 e. The van der Waals surface area contributed by atoms with Gasteiger partial charge in [0.05, 0.1) is 4.47 Å². The highest BCUT2D eigenvalue weighted by molar-refractivity contribution is 9.10. The molecule has 0 N–H and O–H groups in total. The van der Waals surface area contributed by atoms with E-state index >= 15 is 0 Å². The molecular formula is C20H25BrNO2+. The highest BCUT2D eigenvalue weighted by Gasteiger charge is 2.35. The first-order valence-corrected chi connectivity index (χ1v) is 9.55. The molecule has 1 aromatic carbocycles. The summed E-state index contributed by atoms with van der Waals surface area (Å²) in [7, 11) is 0. The standard InChI is InChI=1S/C20H25BrNO2/c1-13(2)16-9-8-14(3)10-19(16)24-20(23)22-11-15-6-4-5-7-17(15)18(21)12-22/h4-7,11-14,16,19H,8-10H2,1-3H3/q+1/t14-,16+,19-/m1/s1. The lowest BCUT2D eigenvalue weighted by Gasteiger charge is -2.35. The second kappa shape index (κ2) is 7.22. The summed E-state index contributed by atoms with van der Waals surface area (Å²) < 4.78 is 8.39. The van der Waals surface area contributed by atoms with Crippen molar-refractivity contribution in [1.82, 2.24) is 0 Å². The summed E-state index contributed by atoms with van der Waals surface area (Å²) in [5.41, 5.74) is 0. The number of rotatable bonds is 2. The number of nitrogens with zero attached hydrogens (tertiary/aromatic N) is 1. The van der Waals surface area contributed by atoms with Crippen LogP contribution in [0.15, 0.2) is 41.1 Å². The average molecular weight is 391 g/mol. The Morgan fingerprint density at radius 2 is 2.00 bits per heavy atom. The number of carbonyl (C=O) groups excluding carboxylic acids is 1. The number of benzene rings is 1. The van der Waals surface area contributed by atoms with Crippen molar-refractivity contribution >= 4 is 32.8 Å². The van der Waals surface area contributed by atoms with Gasteiger partial charge in [-0.15, -0.1) is 0 Å². The number of aromatic nitrogens is 1. The predicted octanol–water partition coefficient (Wildman–Crippen LogP) is 5.34. The summed E-state index contributed by atoms with van der Waals surface area (Å²) in [5.74, 6) is 1.60. The second-order valence-electron chi connectivity index (χ2n) is 7.35. The molecule has 1 saturated carbocycles. The van der Waals surface area contributed by atoms with Crippen LogP contribution in [0, 0.1) is 17.8 Å². The third-order valence-electron chi connectivity index (χ3n) is 5.17. The SMILES string of the molecule is CC(C)[C@@H]1CC[C@@H](C)C[C@H]1OC(=O)[n+]1cc(Br)c2ccccc2c1. The van der Waals surface area contributed by atoms with Crippen molar-refractivity contribution < 1.29 is 14.1 Å². The Balaban J connectivity index is 1.83. The van der Waals surface area contributed by atoms with Crippen molar-refractivity contribution in [2.45, 2.75) is 46.1 Å². The first-order chi connectivity index (χ1) is 11.5. The predicted molar refractivity (Wildman–Crippen MR) is 98.9 cm³/mol. The Bertz CT molecular complexity index is 743. The number of fused-ring (bicyclic) bond motifs is 1. The smallest absolute Gasteiger partial charge is 0.408 e. The van der Waals surface area contributed by atoms with E-state index in [0.29, 0.717) is 17.8 Å². The van der Waals surface area contributed by atoms with Gasteiger partial charge in [-0.2, -0.15) is 4.79 Å². The molecule has 1 fully saturated rings. The molecule has 1 aromatic heterocycles. The van der Waals surface area contributed by atoms with E-state index in [-0.39, 0.29) is 12.2 Å². The van der Waals surface area contributed by atoms with Gasteiger partial charge in [-0.05, 0) is 52.6 Å². The molecule has 0 unspecified atom stereocenters. The van der Waals surface area contributed by atoms with Crippen molar-refractivity contribution in [1.29, 1.82) is 0 Å². The van der Waals surface area contributed by atoms with E-state index in [2.05, 4.69) is 36.7 Å². The van der Waals surface area contributed by atoms with Gasteiger partial charge in [0.1, 0.15) is 6.10 Å². The van der Waals surface area contributed by atoms with E-state index in [4.69, 9.17) is 4.74 Å². The van der Waals surface area contributed by atoms with Crippen LogP contribution in [-0.2, 0) is 4.74 Å². The van der Waals surface area contributed by atoms with E-state index in [1.54, 1.807) is 10.8 Å². The minimum atomic E-state index is -0.286. The quantitative estimate of drug-likeness (QED) is 0.648. The van der Waals surface area contributed by atoms with Crippen LogP contribution in [0.25, 0.3) is 10.8 Å². The van der Waals surface area contributed by atoms with Gasteiger partial charge in [0.2, 0.25) is 0 Å². The lowest BCUT2D eigenvalue weighted by Crippen LogP contribution is -2.47. The van der Waals surface area contributed by atoms with Crippen molar-refractivity contribution in [3.05, 3.63) is 41.1 Å². The molecule has 0 spiro atoms. The highest BCUT2D eigenvalue weighted by Crippen LogP contribution is 2.35. The van der Waals surface area contributed by atoms with Crippen molar-refractivity contribution in [2.24, 2.45) is 17.8 Å². The molecular weight excluding hydrogens is 366 g/mol. The summed E-state index contributed by atoms with van der Waals surface area (Å²) in [6.07, 6.45) is 6.70. The number of ether oxygens (including phenoxy) is 1. The number of halogens is 1. The number of hydrogen-bond acceptors (Lipinski definition) is 2. The number of carbonyl (C=O) groups is 1. The van der Waals surface area contributed by atoms with Gasteiger partial charge in [-0.25, -0.2) is 0 Å². The summed E-state index contributed by atoms with van der Waals surface area (Å²) in [5, 5.41) is 2.11. The Labute approximate surface area is 152 Å². The Kier molecular flexibility index (Phi) is 5.24. The molecule has 24 heavy (non-hydrogen) atoms. The van der Waals surface area contributed by atoms with E-state index in [9.17, 15) is 4.79 Å². The third kappa shape index (κ3) is 3.64. The van der Waals surface area contributed by atoms with Crippen LogP contribution >= 0.6 is 15.9 Å². The van der Waals surface area contributed by atoms with Gasteiger partial charge in [0.25, 0.3) is 0 Å². The number of hydrogen-bond donors (Lipinski definition) is 0. The molecule has 0 amide bonds. The molecule has 3 atom stereocenters. The summed E-state index contributed by atoms with van der Waals surface area (Å²) in [6.45, 7) is 6.69. The molecule has 3 nitrogen and oxygen atoms in total. The third-order valence-corrected chi connectivity index (χ3v) is 5.80. The Morgan fingerprint density at radius 3 is 2.75 bits per heavy atom. The minimum absolute atomic E-state index is 0.0130. The van der Waals surface area contributed by atoms with Crippen LogP contribution in [0.4, 0.5) is 4.79 Å². The zero-order chi connectivity index (χ0) is 17.3. The van der Waals surface area contributed by atoms with Crippen LogP contribution in [-0.4, -0.2) is 12.2 Å². The average Bonchev–Trinajstić information content (AvgIpc) is 2.54. The molecule has 1 aliphatic rings. The molecule has 2 aromatic rings. The Hall–Kier alpha value is -1.42. The van der Waals surface area contributed by atoms with Crippen molar-refractivity contribution in [3.63, 3.8) is 0 Å². The molecule has 128 valence electrons. The molecule has 1 heterocycles. The van der Waals surface area contributed by atoms with E-state index in [0.717, 1.165) is 28.1 Å². The maximum atomic E-state index is 12.7. The topological polar surface area (TPSA) is 30.2 Å². The fourth-order valence-electron chi connectivity index (χ4n) is 3.75. The van der Waals surface area contributed by atoms with Crippen molar-refractivity contribution in [3.8, 4) is 0 Å². The van der Waals surface area contributed by atoms with Gasteiger partial charge < -0.3 is 4.74 Å². The lowest BCUT2D eigenvalue weighted by molar-refractivity contribution is -0.586. The molecule has 0 aliphatic heterocycles. The van der Waals surface area contributed by atoms with Crippen molar-refractivity contribution in [2.75, 3.05) is 0 Å². The van der Waals surface area contributed by atoms with Gasteiger partial charge in [-0.1, -0.05) is 50.0 Å². The van der Waals surface area contributed by atoms with Crippen LogP contribution in [0.1, 0.15) is 40.0 Å². The fraction of sp³-hybridized carbons (Fsp3) is 0.500. The molecule has 1 aliphatic carbocycles. The van der Waals surface area contributed by atoms with E-state index < -0.39 is 0 Å². The van der Waals surface area contributed by atoms with Crippen LogP contribution < -0.4 is 4.57 Å². The summed E-state index contributed by atoms with van der Waals surface area (Å²) in [6, 6.07) is 8.00. The molecule has 4 heteroatoms. The first kappa shape index (κ1) is 17.4. The maximum Gasteiger partial charge on any atom is 0.602 e. The zero-order valence-electron chi connectivity index (χ0n) is 14.5. The maximum absolute atomic E-state index is 12.7. The summed E-state index contributed by atoms with van der Waals surface area (Å²) in [4.78, 5) is 12.7. The molecule has 0 saturated heterocycles. The lowest BCUT2D eigenvalue weighted by atomic mass is 9.75. The Morgan fingerprint density at radius 1 is 1.25 bits per heavy atom. The molecule has 3 rings (SSSR count). The van der Waals surface area contributed by atoms with E-state index in [1.165, 1.54) is 6.42 Å². The van der Waals surface area contributed by atoms with Crippen LogP contribution in [0.5, 0.6) is 0 Å². The summed E-state index contributed by atoms with van der Waals surface area (Å²) >= 11 is 3.56. The highest BCUT2D eigenvalue weighted by atomic mass is 79.9. The largest absolute Gasteiger partial charge is 0.602 e. The first-order valence-electron chi connectivity index (χ1n) is 8.76. The molecule has 0 bridgehead atoms. The zero-order valence-corrected chi connectivity index (χ0v) is 16.1. The van der Waals surface area contributed by atoms with Crippen LogP contribution in [0.2, 0.25) is 0 Å².